The van der Waals surface area contributed by atoms with Gasteiger partial charge in [-0.15, -0.1) is 11.3 Å². The number of aryl methyl sites for hydroxylation is 1. The fraction of sp³-hybridized carbons (Fsp3) is 0.421. The van der Waals surface area contributed by atoms with E-state index in [4.69, 9.17) is 11.6 Å². The van der Waals surface area contributed by atoms with E-state index in [9.17, 15) is 14.7 Å². The Hall–Kier alpha value is -1.92. The highest BCUT2D eigenvalue weighted by molar-refractivity contribution is 7.16. The first-order valence-electron chi connectivity index (χ1n) is 8.71. The van der Waals surface area contributed by atoms with Crippen molar-refractivity contribution in [2.24, 2.45) is 23.7 Å². The normalized spacial score (nSPS) is 26.8. The summed E-state index contributed by atoms with van der Waals surface area (Å²) in [4.78, 5) is 30.0. The van der Waals surface area contributed by atoms with Gasteiger partial charge in [0.05, 0.1) is 17.5 Å². The minimum absolute atomic E-state index is 0.135. The second kappa shape index (κ2) is 6.67. The van der Waals surface area contributed by atoms with Crippen molar-refractivity contribution in [3.63, 3.8) is 0 Å². The number of anilines is 1. The van der Waals surface area contributed by atoms with Crippen LogP contribution in [0.25, 0.3) is 11.3 Å². The highest BCUT2D eigenvalue weighted by Gasteiger charge is 2.54. The van der Waals surface area contributed by atoms with Gasteiger partial charge in [0.25, 0.3) is 0 Å². The van der Waals surface area contributed by atoms with Crippen LogP contribution in [-0.4, -0.2) is 22.0 Å². The second-order valence-corrected chi connectivity index (χ2v) is 8.78. The molecule has 2 bridgehead atoms. The number of aromatic nitrogens is 1. The Morgan fingerprint density at radius 1 is 1.19 bits per heavy atom. The van der Waals surface area contributed by atoms with E-state index in [1.165, 1.54) is 11.3 Å². The molecule has 1 amide bonds. The summed E-state index contributed by atoms with van der Waals surface area (Å²) in [5.41, 5.74) is 1.75. The van der Waals surface area contributed by atoms with Gasteiger partial charge in [-0.25, -0.2) is 4.98 Å². The van der Waals surface area contributed by atoms with E-state index in [0.29, 0.717) is 10.2 Å². The Balaban J connectivity index is 1.54. The molecule has 2 aliphatic rings. The molecule has 1 aromatic carbocycles. The number of carboxylic acids is 1. The largest absolute Gasteiger partial charge is 0.481 e. The van der Waals surface area contributed by atoms with Gasteiger partial charge in [0.1, 0.15) is 0 Å². The molecule has 5 nitrogen and oxygen atoms in total. The van der Waals surface area contributed by atoms with Crippen LogP contribution in [0.2, 0.25) is 5.02 Å². The number of carbonyl (C=O) groups excluding carboxylic acids is 1. The number of amides is 1. The van der Waals surface area contributed by atoms with Crippen LogP contribution in [0.15, 0.2) is 24.3 Å². The number of halogens is 1. The quantitative estimate of drug-likeness (QED) is 0.807. The van der Waals surface area contributed by atoms with E-state index in [2.05, 4.69) is 10.3 Å². The molecule has 0 radical (unpaired) electrons. The molecule has 4 rings (SSSR count). The number of hydrogen-bond acceptors (Lipinski definition) is 4. The Bertz CT molecular complexity index is 864. The molecule has 26 heavy (non-hydrogen) atoms. The van der Waals surface area contributed by atoms with Crippen molar-refractivity contribution in [1.82, 2.24) is 4.98 Å². The van der Waals surface area contributed by atoms with Gasteiger partial charge >= 0.3 is 5.97 Å². The van der Waals surface area contributed by atoms with E-state index in [1.54, 1.807) is 12.1 Å². The van der Waals surface area contributed by atoms with Crippen LogP contribution in [0.5, 0.6) is 0 Å². The molecule has 2 aromatic rings. The minimum atomic E-state index is -0.852. The third kappa shape index (κ3) is 3.01. The molecule has 2 saturated carbocycles. The van der Waals surface area contributed by atoms with E-state index < -0.39 is 17.8 Å². The number of aliphatic carboxylic acids is 1. The molecule has 0 spiro atoms. The molecule has 2 N–H and O–H groups in total. The number of hydrogen-bond donors (Lipinski definition) is 2. The summed E-state index contributed by atoms with van der Waals surface area (Å²) in [7, 11) is 0. The maximum Gasteiger partial charge on any atom is 0.307 e. The van der Waals surface area contributed by atoms with Crippen LogP contribution < -0.4 is 5.32 Å². The smallest absolute Gasteiger partial charge is 0.307 e. The van der Waals surface area contributed by atoms with Gasteiger partial charge in [0, 0.05) is 15.5 Å². The lowest BCUT2D eigenvalue weighted by molar-refractivity contribution is -0.148. The predicted octanol–water partition coefficient (Wildman–Crippen LogP) is 4.46. The lowest BCUT2D eigenvalue weighted by atomic mass is 9.79. The molecule has 136 valence electrons. The number of nitrogens with zero attached hydrogens (tertiary/aromatic N) is 1. The van der Waals surface area contributed by atoms with Gasteiger partial charge in [0.15, 0.2) is 5.13 Å². The maximum atomic E-state index is 12.8. The Morgan fingerprint density at radius 3 is 2.50 bits per heavy atom. The molecule has 0 saturated heterocycles. The fourth-order valence-corrected chi connectivity index (χ4v) is 5.50. The van der Waals surface area contributed by atoms with Crippen molar-refractivity contribution in [3.05, 3.63) is 34.2 Å². The molecule has 2 fully saturated rings. The monoisotopic (exact) mass is 390 g/mol. The zero-order chi connectivity index (χ0) is 18.4. The summed E-state index contributed by atoms with van der Waals surface area (Å²) >= 11 is 7.34. The summed E-state index contributed by atoms with van der Waals surface area (Å²) < 4.78 is 0. The number of benzene rings is 1. The number of thiazole rings is 1. The first-order chi connectivity index (χ1) is 12.4. The number of rotatable bonds is 4. The molecule has 0 unspecified atom stereocenters. The third-order valence-electron chi connectivity index (χ3n) is 5.65. The highest BCUT2D eigenvalue weighted by atomic mass is 35.5. The van der Waals surface area contributed by atoms with Crippen molar-refractivity contribution < 1.29 is 14.7 Å². The fourth-order valence-electron chi connectivity index (χ4n) is 4.54. The van der Waals surface area contributed by atoms with Crippen LogP contribution in [0.1, 0.15) is 24.1 Å². The summed E-state index contributed by atoms with van der Waals surface area (Å²) in [6, 6.07) is 7.40. The second-order valence-electron chi connectivity index (χ2n) is 7.14. The molecule has 1 aromatic heterocycles. The van der Waals surface area contributed by atoms with Gasteiger partial charge in [-0.3, -0.25) is 9.59 Å². The third-order valence-corrected chi connectivity index (χ3v) is 6.79. The predicted molar refractivity (Wildman–Crippen MR) is 101 cm³/mol. The topological polar surface area (TPSA) is 79.3 Å². The van der Waals surface area contributed by atoms with Crippen molar-refractivity contribution in [2.45, 2.75) is 26.2 Å². The van der Waals surface area contributed by atoms with E-state index >= 15 is 0 Å². The number of carboxylic acid groups (broad SMARTS) is 1. The average molecular weight is 391 g/mol. The SMILES string of the molecule is Cc1sc(NC(=O)[C@@H]2[C@@H]3CC[C@@H](C3)[C@@H]2C(=O)O)nc1-c1ccc(Cl)cc1. The molecular weight excluding hydrogens is 372 g/mol. The minimum Gasteiger partial charge on any atom is -0.481 e. The zero-order valence-corrected chi connectivity index (χ0v) is 15.8. The zero-order valence-electron chi connectivity index (χ0n) is 14.2. The van der Waals surface area contributed by atoms with Gasteiger partial charge in [-0.2, -0.15) is 0 Å². The maximum absolute atomic E-state index is 12.8. The van der Waals surface area contributed by atoms with Gasteiger partial charge in [-0.05, 0) is 50.2 Å². The first-order valence-corrected chi connectivity index (χ1v) is 9.90. The Kier molecular flexibility index (Phi) is 4.49. The number of nitrogens with one attached hydrogen (secondary N) is 1. The lowest BCUT2D eigenvalue weighted by Crippen LogP contribution is -2.37. The van der Waals surface area contributed by atoms with Crippen molar-refractivity contribution in [3.8, 4) is 11.3 Å². The number of fused-ring (bicyclic) bond motifs is 2. The molecule has 7 heteroatoms. The summed E-state index contributed by atoms with van der Waals surface area (Å²) in [5, 5.41) is 13.6. The molecule has 2 aliphatic carbocycles. The summed E-state index contributed by atoms with van der Waals surface area (Å²) in [5.74, 6) is -1.76. The van der Waals surface area contributed by atoms with E-state index in [0.717, 1.165) is 35.4 Å². The van der Waals surface area contributed by atoms with E-state index in [-0.39, 0.29) is 17.7 Å². The average Bonchev–Trinajstić information content (AvgIpc) is 3.29. The summed E-state index contributed by atoms with van der Waals surface area (Å²) in [6.07, 6.45) is 2.71. The summed E-state index contributed by atoms with van der Waals surface area (Å²) in [6.45, 7) is 1.95. The Labute approximate surface area is 160 Å². The van der Waals surface area contributed by atoms with Crippen LogP contribution in [0.4, 0.5) is 5.13 Å². The van der Waals surface area contributed by atoms with Crippen LogP contribution >= 0.6 is 22.9 Å². The van der Waals surface area contributed by atoms with Crippen molar-refractivity contribution in [1.29, 1.82) is 0 Å². The van der Waals surface area contributed by atoms with Gasteiger partial charge in [0.2, 0.25) is 5.91 Å². The molecular formula is C19H19ClN2O3S. The van der Waals surface area contributed by atoms with Crippen molar-refractivity contribution >= 4 is 39.9 Å². The first kappa shape index (κ1) is 17.5. The van der Waals surface area contributed by atoms with Gasteiger partial charge in [-0.1, -0.05) is 23.7 Å². The van der Waals surface area contributed by atoms with E-state index in [1.807, 2.05) is 19.1 Å². The molecule has 4 atom stereocenters. The number of carbonyl (C=O) groups is 2. The van der Waals surface area contributed by atoms with Crippen LogP contribution in [0.3, 0.4) is 0 Å². The van der Waals surface area contributed by atoms with Crippen molar-refractivity contribution in [2.75, 3.05) is 5.32 Å². The highest BCUT2D eigenvalue weighted by Crippen LogP contribution is 2.52. The molecule has 0 aliphatic heterocycles. The van der Waals surface area contributed by atoms with Gasteiger partial charge < -0.3 is 10.4 Å². The van der Waals surface area contributed by atoms with Crippen LogP contribution in [-0.2, 0) is 9.59 Å². The Morgan fingerprint density at radius 2 is 1.85 bits per heavy atom. The lowest BCUT2D eigenvalue weighted by Gasteiger charge is -2.26. The standard InChI is InChI=1S/C19H19ClN2O3S/c1-9-16(10-4-6-13(20)7-5-10)21-19(26-9)22-17(23)14-11-2-3-12(8-11)15(14)18(24)25/h4-7,11-12,14-15H,2-3,8H2,1H3,(H,24,25)(H,21,22,23)/t11-,12+,14-,15+/m1/s1. The van der Waals surface area contributed by atoms with Crippen LogP contribution in [0, 0.1) is 30.6 Å². The molecule has 1 heterocycles.